The number of rotatable bonds is 6. The van der Waals surface area contributed by atoms with Crippen LogP contribution in [-0.4, -0.2) is 36.8 Å². The summed E-state index contributed by atoms with van der Waals surface area (Å²) >= 11 is 0. The van der Waals surface area contributed by atoms with Crippen molar-refractivity contribution in [3.63, 3.8) is 0 Å². The predicted molar refractivity (Wildman–Crippen MR) is 103 cm³/mol. The number of carbonyl (C=O) groups excluding carboxylic acids is 4. The molecule has 0 aliphatic heterocycles. The Morgan fingerprint density at radius 1 is 0.966 bits per heavy atom. The third-order valence-electron chi connectivity index (χ3n) is 3.83. The average Bonchev–Trinajstić information content (AvgIpc) is 3.23. The molecule has 0 bridgehead atoms. The number of hydrogen-bond donors (Lipinski definition) is 3. The smallest absolute Gasteiger partial charge is 0.325 e. The molecule has 0 aliphatic rings. The number of hydrogen-bond acceptors (Lipinski definition) is 6. The Morgan fingerprint density at radius 3 is 2.24 bits per heavy atom. The van der Waals surface area contributed by atoms with Crippen LogP contribution in [0.2, 0.25) is 0 Å². The fraction of sp³-hybridized carbons (Fsp3) is 0.300. The summed E-state index contributed by atoms with van der Waals surface area (Å²) in [7, 11) is 0. The van der Waals surface area contributed by atoms with Crippen LogP contribution < -0.4 is 16.2 Å². The van der Waals surface area contributed by atoms with Gasteiger partial charge in [-0.1, -0.05) is 32.9 Å². The van der Waals surface area contributed by atoms with Gasteiger partial charge in [0.15, 0.2) is 12.4 Å². The van der Waals surface area contributed by atoms with Gasteiger partial charge in [-0.25, -0.2) is 0 Å². The average molecular weight is 401 g/mol. The maximum Gasteiger partial charge on any atom is 0.325 e. The lowest BCUT2D eigenvalue weighted by molar-refractivity contribution is -0.147. The number of carbonyl (C=O) groups is 4. The van der Waals surface area contributed by atoms with Gasteiger partial charge in [-0.2, -0.15) is 0 Å². The molecular weight excluding hydrogens is 378 g/mol. The summed E-state index contributed by atoms with van der Waals surface area (Å²) in [6, 6.07) is 10.0. The van der Waals surface area contributed by atoms with Crippen LogP contribution in [0.3, 0.4) is 0 Å². The zero-order valence-corrected chi connectivity index (χ0v) is 16.4. The van der Waals surface area contributed by atoms with E-state index in [0.717, 1.165) is 5.56 Å². The summed E-state index contributed by atoms with van der Waals surface area (Å²) in [6.45, 7) is 5.18. The zero-order chi connectivity index (χ0) is 21.4. The third-order valence-corrected chi connectivity index (χ3v) is 3.83. The number of furan rings is 1. The van der Waals surface area contributed by atoms with E-state index in [1.165, 1.54) is 18.4 Å². The van der Waals surface area contributed by atoms with Gasteiger partial charge >= 0.3 is 11.9 Å². The van der Waals surface area contributed by atoms with E-state index in [4.69, 9.17) is 9.15 Å². The van der Waals surface area contributed by atoms with Gasteiger partial charge in [0, 0.05) is 5.56 Å². The second-order valence-corrected chi connectivity index (χ2v) is 7.15. The topological polar surface area (TPSA) is 127 Å². The van der Waals surface area contributed by atoms with Gasteiger partial charge in [-0.05, 0) is 35.2 Å². The number of nitrogens with one attached hydrogen (secondary N) is 3. The molecule has 0 fully saturated rings. The van der Waals surface area contributed by atoms with E-state index in [1.54, 1.807) is 12.1 Å². The molecule has 0 saturated heterocycles. The highest BCUT2D eigenvalue weighted by Crippen LogP contribution is 2.22. The van der Waals surface area contributed by atoms with E-state index in [-0.39, 0.29) is 11.2 Å². The van der Waals surface area contributed by atoms with Crippen molar-refractivity contribution in [3.8, 4) is 0 Å². The number of hydrazine groups is 1. The van der Waals surface area contributed by atoms with Crippen LogP contribution in [0.5, 0.6) is 0 Å². The maximum atomic E-state index is 12.1. The molecule has 0 saturated carbocycles. The number of esters is 1. The first kappa shape index (κ1) is 21.7. The van der Waals surface area contributed by atoms with Crippen molar-refractivity contribution >= 4 is 23.7 Å². The molecule has 0 radical (unpaired) electrons. The van der Waals surface area contributed by atoms with Gasteiger partial charge in [-0.15, -0.1) is 0 Å². The minimum absolute atomic E-state index is 0.0144. The van der Waals surface area contributed by atoms with E-state index < -0.39 is 36.8 Å². The first-order chi connectivity index (χ1) is 13.7. The highest BCUT2D eigenvalue weighted by Gasteiger charge is 2.15. The minimum atomic E-state index is -0.794. The van der Waals surface area contributed by atoms with Crippen LogP contribution in [-0.2, 0) is 19.7 Å². The van der Waals surface area contributed by atoms with Crippen LogP contribution in [0.25, 0.3) is 0 Å². The van der Waals surface area contributed by atoms with E-state index in [9.17, 15) is 19.2 Å². The molecule has 1 heterocycles. The molecular formula is C20H23N3O6. The largest absolute Gasteiger partial charge is 0.459 e. The first-order valence-electron chi connectivity index (χ1n) is 8.84. The van der Waals surface area contributed by atoms with Crippen molar-refractivity contribution in [1.82, 2.24) is 16.2 Å². The quantitative estimate of drug-likeness (QED) is 0.495. The number of amides is 3. The fourth-order valence-corrected chi connectivity index (χ4v) is 2.21. The highest BCUT2D eigenvalue weighted by molar-refractivity contribution is 5.96. The van der Waals surface area contributed by atoms with Gasteiger partial charge in [0.05, 0.1) is 6.26 Å². The predicted octanol–water partition coefficient (Wildman–Crippen LogP) is 1.31. The van der Waals surface area contributed by atoms with Crippen molar-refractivity contribution in [2.45, 2.75) is 26.2 Å². The van der Waals surface area contributed by atoms with Gasteiger partial charge in [0.2, 0.25) is 0 Å². The Hall–Kier alpha value is -3.62. The molecule has 9 heteroatoms. The van der Waals surface area contributed by atoms with Crippen LogP contribution in [0.1, 0.15) is 47.2 Å². The molecule has 9 nitrogen and oxygen atoms in total. The molecule has 154 valence electrons. The van der Waals surface area contributed by atoms with Crippen LogP contribution in [0, 0.1) is 0 Å². The summed E-state index contributed by atoms with van der Waals surface area (Å²) < 4.78 is 9.59. The molecule has 1 aromatic carbocycles. The lowest BCUT2D eigenvalue weighted by Gasteiger charge is -2.19. The van der Waals surface area contributed by atoms with Gasteiger partial charge in [0.1, 0.15) is 6.54 Å². The van der Waals surface area contributed by atoms with Crippen LogP contribution in [0.15, 0.2) is 47.1 Å². The zero-order valence-electron chi connectivity index (χ0n) is 16.4. The molecule has 0 spiro atoms. The Bertz CT molecular complexity index is 867. The van der Waals surface area contributed by atoms with Crippen molar-refractivity contribution in [2.24, 2.45) is 0 Å². The minimum Gasteiger partial charge on any atom is -0.459 e. The van der Waals surface area contributed by atoms with Crippen LogP contribution >= 0.6 is 0 Å². The summed E-state index contributed by atoms with van der Waals surface area (Å²) in [5, 5.41) is 2.42. The fourth-order valence-electron chi connectivity index (χ4n) is 2.21. The molecule has 0 atom stereocenters. The van der Waals surface area contributed by atoms with Gasteiger partial charge in [0.25, 0.3) is 11.8 Å². The standard InChI is InChI=1S/C20H23N3O6/c1-20(2,3)14-8-6-13(7-9-14)18(26)21-11-17(25)29-12-16(24)22-23-19(27)15-5-4-10-28-15/h4-10H,11-12H2,1-3H3,(H,21,26)(H,22,24)(H,23,27). The molecule has 29 heavy (non-hydrogen) atoms. The lowest BCUT2D eigenvalue weighted by atomic mass is 9.87. The van der Waals surface area contributed by atoms with Crippen molar-refractivity contribution in [2.75, 3.05) is 13.2 Å². The Kier molecular flexibility index (Phi) is 7.13. The molecule has 3 N–H and O–H groups in total. The van der Waals surface area contributed by atoms with E-state index >= 15 is 0 Å². The molecule has 0 aliphatic carbocycles. The number of ether oxygens (including phenoxy) is 1. The Morgan fingerprint density at radius 2 is 1.66 bits per heavy atom. The monoisotopic (exact) mass is 401 g/mol. The molecule has 3 amide bonds. The second kappa shape index (κ2) is 9.54. The first-order valence-corrected chi connectivity index (χ1v) is 8.84. The normalized spacial score (nSPS) is 10.7. The Labute approximate surface area is 167 Å². The van der Waals surface area contributed by atoms with Gasteiger partial charge < -0.3 is 14.5 Å². The summed E-state index contributed by atoms with van der Waals surface area (Å²) in [6.07, 6.45) is 1.31. The van der Waals surface area contributed by atoms with E-state index in [2.05, 4.69) is 36.9 Å². The van der Waals surface area contributed by atoms with E-state index in [1.807, 2.05) is 12.1 Å². The lowest BCUT2D eigenvalue weighted by Crippen LogP contribution is -2.44. The molecule has 2 aromatic rings. The van der Waals surface area contributed by atoms with Crippen LogP contribution in [0.4, 0.5) is 0 Å². The molecule has 1 aromatic heterocycles. The number of benzene rings is 1. The van der Waals surface area contributed by atoms with Gasteiger partial charge in [-0.3, -0.25) is 30.0 Å². The maximum absolute atomic E-state index is 12.1. The third kappa shape index (κ3) is 6.80. The second-order valence-electron chi connectivity index (χ2n) is 7.15. The van der Waals surface area contributed by atoms with Crippen molar-refractivity contribution in [3.05, 3.63) is 59.5 Å². The highest BCUT2D eigenvalue weighted by atomic mass is 16.5. The summed E-state index contributed by atoms with van der Waals surface area (Å²) in [5.74, 6) is -2.61. The molecule has 0 unspecified atom stereocenters. The summed E-state index contributed by atoms with van der Waals surface area (Å²) in [5.41, 5.74) is 5.63. The van der Waals surface area contributed by atoms with Crippen molar-refractivity contribution in [1.29, 1.82) is 0 Å². The van der Waals surface area contributed by atoms with E-state index in [0.29, 0.717) is 5.56 Å². The van der Waals surface area contributed by atoms with Crippen molar-refractivity contribution < 1.29 is 28.3 Å². The summed E-state index contributed by atoms with van der Waals surface area (Å²) in [4.78, 5) is 46.9. The Balaban J connectivity index is 1.69. The molecule has 2 rings (SSSR count). The SMILES string of the molecule is CC(C)(C)c1ccc(C(=O)NCC(=O)OCC(=O)NNC(=O)c2ccco2)cc1.